The zero-order valence-corrected chi connectivity index (χ0v) is 17.5. The van der Waals surface area contributed by atoms with Gasteiger partial charge in [-0.15, -0.1) is 0 Å². The summed E-state index contributed by atoms with van der Waals surface area (Å²) in [5, 5.41) is 5.72. The molecule has 4 aromatic rings. The molecule has 2 aromatic heterocycles. The zero-order valence-electron chi connectivity index (χ0n) is 17.5. The minimum absolute atomic E-state index is 0.0593. The number of aromatic amines is 1. The maximum atomic E-state index is 14.1. The second kappa shape index (κ2) is 6.94. The van der Waals surface area contributed by atoms with Crippen LogP contribution in [0.2, 0.25) is 0 Å². The van der Waals surface area contributed by atoms with E-state index in [4.69, 9.17) is 9.47 Å². The Morgan fingerprint density at radius 3 is 2.62 bits per heavy atom. The van der Waals surface area contributed by atoms with Crippen molar-refractivity contribution < 1.29 is 18.7 Å². The summed E-state index contributed by atoms with van der Waals surface area (Å²) >= 11 is 0. The number of nitrogens with one attached hydrogen (secondary N) is 2. The molecule has 5 rings (SSSR count). The van der Waals surface area contributed by atoms with Crippen molar-refractivity contribution in [1.29, 1.82) is 0 Å². The molecule has 1 atom stereocenters. The predicted octanol–water partition coefficient (Wildman–Crippen LogP) is 3.97. The number of para-hydroxylation sites is 1. The number of carbonyl (C=O) groups is 1. The van der Waals surface area contributed by atoms with Gasteiger partial charge < -0.3 is 14.8 Å². The van der Waals surface area contributed by atoms with Crippen molar-refractivity contribution in [3.8, 4) is 22.8 Å². The average Bonchev–Trinajstić information content (AvgIpc) is 3.24. The Kier molecular flexibility index (Phi) is 4.30. The van der Waals surface area contributed by atoms with Gasteiger partial charge in [0, 0.05) is 18.2 Å². The summed E-state index contributed by atoms with van der Waals surface area (Å²) in [6.45, 7) is 4.55. The lowest BCUT2D eigenvalue weighted by Crippen LogP contribution is -2.28. The molecule has 1 amide bonds. The number of rotatable bonds is 3. The van der Waals surface area contributed by atoms with Crippen molar-refractivity contribution in [2.45, 2.75) is 26.8 Å². The zero-order chi connectivity index (χ0) is 22.6. The topological polar surface area (TPSA) is 97.7 Å². The van der Waals surface area contributed by atoms with Gasteiger partial charge in [0.25, 0.3) is 5.91 Å². The maximum Gasteiger partial charge on any atom is 0.404 e. The Hall–Kier alpha value is -4.14. The van der Waals surface area contributed by atoms with Crippen molar-refractivity contribution in [1.82, 2.24) is 14.6 Å². The average molecular weight is 434 g/mol. The lowest BCUT2D eigenvalue weighted by Gasteiger charge is -2.12. The van der Waals surface area contributed by atoms with Crippen molar-refractivity contribution in [3.05, 3.63) is 75.7 Å². The third kappa shape index (κ3) is 3.09. The fourth-order valence-corrected chi connectivity index (χ4v) is 3.89. The number of imidazole rings is 1. The smallest absolute Gasteiger partial charge is 0.404 e. The van der Waals surface area contributed by atoms with Gasteiger partial charge >= 0.3 is 6.04 Å². The second-order valence-electron chi connectivity index (χ2n) is 7.64. The minimum atomic E-state index is -2.34. The van der Waals surface area contributed by atoms with Crippen LogP contribution >= 0.6 is 0 Å². The summed E-state index contributed by atoms with van der Waals surface area (Å²) in [6, 6.07) is 11.8. The van der Waals surface area contributed by atoms with Crippen LogP contribution in [-0.2, 0) is 0 Å². The SMILES string of the molecule is Cc1nc2c(=O)c(C(=O)Nc3cccc4c3OC(C)(F)O4)c(C)[nH]n2c1-c1ccccc1. The molecule has 3 heterocycles. The molecule has 2 N–H and O–H groups in total. The number of alkyl halides is 1. The van der Waals surface area contributed by atoms with Gasteiger partial charge in [-0.05, 0) is 26.0 Å². The predicted molar refractivity (Wildman–Crippen MR) is 116 cm³/mol. The van der Waals surface area contributed by atoms with E-state index in [1.807, 2.05) is 30.3 Å². The summed E-state index contributed by atoms with van der Waals surface area (Å²) in [5.41, 5.74) is 2.30. The quantitative estimate of drug-likeness (QED) is 0.509. The number of carbonyl (C=O) groups excluding carboxylic acids is 1. The third-order valence-electron chi connectivity index (χ3n) is 5.21. The molecule has 0 saturated carbocycles. The van der Waals surface area contributed by atoms with E-state index in [0.29, 0.717) is 11.4 Å². The van der Waals surface area contributed by atoms with Crippen LogP contribution in [-0.4, -0.2) is 26.5 Å². The number of anilines is 1. The molecule has 0 fully saturated rings. The normalized spacial score (nSPS) is 17.0. The van der Waals surface area contributed by atoms with Crippen LogP contribution in [0, 0.1) is 13.8 Å². The number of ether oxygens (including phenoxy) is 2. The standard InChI is InChI=1S/C23H19FN4O4/c1-12-17(22(30)26-15-10-7-11-16-20(15)32-23(3,24)31-16)19(29)21-25-13(2)18(28(21)27-12)14-8-5-4-6-9-14/h4-11,27H,1-3H3,(H,26,30). The lowest BCUT2D eigenvalue weighted by atomic mass is 10.1. The number of amides is 1. The van der Waals surface area contributed by atoms with Crippen LogP contribution in [0.4, 0.5) is 10.1 Å². The Labute approximate surface area is 181 Å². The first kappa shape index (κ1) is 19.8. The molecule has 0 saturated heterocycles. The largest absolute Gasteiger partial charge is 0.423 e. The van der Waals surface area contributed by atoms with E-state index >= 15 is 0 Å². The fraction of sp³-hybridized carbons (Fsp3) is 0.174. The summed E-state index contributed by atoms with van der Waals surface area (Å²) in [7, 11) is 0. The number of halogens is 1. The first-order valence-corrected chi connectivity index (χ1v) is 9.94. The highest BCUT2D eigenvalue weighted by Crippen LogP contribution is 2.45. The fourth-order valence-electron chi connectivity index (χ4n) is 3.89. The number of nitrogens with zero attached hydrogens (tertiary/aromatic N) is 2. The molecule has 0 spiro atoms. The van der Waals surface area contributed by atoms with Gasteiger partial charge in [0.05, 0.1) is 17.1 Å². The maximum absolute atomic E-state index is 14.1. The molecule has 0 bridgehead atoms. The molecular weight excluding hydrogens is 415 g/mol. The highest BCUT2D eigenvalue weighted by molar-refractivity contribution is 6.06. The molecule has 2 aromatic carbocycles. The van der Waals surface area contributed by atoms with Gasteiger partial charge in [-0.2, -0.15) is 4.39 Å². The number of hydrogen-bond donors (Lipinski definition) is 2. The summed E-state index contributed by atoms with van der Waals surface area (Å²) in [4.78, 5) is 30.7. The number of fused-ring (bicyclic) bond motifs is 2. The van der Waals surface area contributed by atoms with Gasteiger partial charge in [0.1, 0.15) is 5.56 Å². The molecule has 1 aliphatic rings. The third-order valence-corrected chi connectivity index (χ3v) is 5.21. The van der Waals surface area contributed by atoms with Crippen LogP contribution in [0.15, 0.2) is 53.3 Å². The molecule has 0 radical (unpaired) electrons. The van der Waals surface area contributed by atoms with E-state index in [2.05, 4.69) is 15.4 Å². The number of aromatic nitrogens is 3. The van der Waals surface area contributed by atoms with Crippen LogP contribution in [0.3, 0.4) is 0 Å². The second-order valence-corrected chi connectivity index (χ2v) is 7.64. The molecule has 9 heteroatoms. The van der Waals surface area contributed by atoms with Gasteiger partial charge in [0.2, 0.25) is 11.1 Å². The molecule has 32 heavy (non-hydrogen) atoms. The lowest BCUT2D eigenvalue weighted by molar-refractivity contribution is -0.173. The van der Waals surface area contributed by atoms with E-state index in [1.54, 1.807) is 24.4 Å². The Balaban J connectivity index is 1.57. The van der Waals surface area contributed by atoms with Crippen molar-refractivity contribution >= 4 is 17.2 Å². The number of hydrogen-bond acceptors (Lipinski definition) is 5. The van der Waals surface area contributed by atoms with E-state index in [1.165, 1.54) is 12.1 Å². The highest BCUT2D eigenvalue weighted by atomic mass is 19.2. The first-order chi connectivity index (χ1) is 15.2. The number of H-pyrrole nitrogens is 1. The van der Waals surface area contributed by atoms with Gasteiger partial charge in [-0.3, -0.25) is 14.7 Å². The van der Waals surface area contributed by atoms with Crippen molar-refractivity contribution in [2.24, 2.45) is 0 Å². The van der Waals surface area contributed by atoms with Crippen LogP contribution in [0.1, 0.15) is 28.7 Å². The molecular formula is C23H19FN4O4. The summed E-state index contributed by atoms with van der Waals surface area (Å²) in [5.74, 6) is -0.452. The minimum Gasteiger partial charge on any atom is -0.423 e. The highest BCUT2D eigenvalue weighted by Gasteiger charge is 2.38. The van der Waals surface area contributed by atoms with Gasteiger partial charge in [-0.1, -0.05) is 36.4 Å². The Bertz CT molecular complexity index is 1440. The van der Waals surface area contributed by atoms with Gasteiger partial charge in [0.15, 0.2) is 11.5 Å². The molecule has 162 valence electrons. The monoisotopic (exact) mass is 434 g/mol. The van der Waals surface area contributed by atoms with Gasteiger partial charge in [-0.25, -0.2) is 9.50 Å². The van der Waals surface area contributed by atoms with E-state index in [9.17, 15) is 14.0 Å². The van der Waals surface area contributed by atoms with Crippen molar-refractivity contribution in [3.63, 3.8) is 0 Å². The van der Waals surface area contributed by atoms with Crippen LogP contribution in [0.5, 0.6) is 11.5 Å². The summed E-state index contributed by atoms with van der Waals surface area (Å²) in [6.07, 6.45) is 0. The number of benzene rings is 2. The van der Waals surface area contributed by atoms with Crippen LogP contribution < -0.4 is 20.2 Å². The molecule has 8 nitrogen and oxygen atoms in total. The Morgan fingerprint density at radius 1 is 1.12 bits per heavy atom. The van der Waals surface area contributed by atoms with Crippen molar-refractivity contribution in [2.75, 3.05) is 5.32 Å². The molecule has 1 unspecified atom stereocenters. The van der Waals surface area contributed by atoms with E-state index in [-0.39, 0.29) is 28.4 Å². The van der Waals surface area contributed by atoms with E-state index in [0.717, 1.165) is 18.2 Å². The summed E-state index contributed by atoms with van der Waals surface area (Å²) < 4.78 is 25.9. The molecule has 1 aliphatic heterocycles. The Morgan fingerprint density at radius 2 is 1.88 bits per heavy atom. The molecule has 0 aliphatic carbocycles. The first-order valence-electron chi connectivity index (χ1n) is 9.94. The number of aryl methyl sites for hydroxylation is 2. The van der Waals surface area contributed by atoms with Crippen LogP contribution in [0.25, 0.3) is 16.9 Å². The van der Waals surface area contributed by atoms with E-state index < -0.39 is 17.4 Å².